The normalized spacial score (nSPS) is 11.5. The Morgan fingerprint density at radius 2 is 2.00 bits per heavy atom. The third-order valence-electron chi connectivity index (χ3n) is 4.12. The van der Waals surface area contributed by atoms with Gasteiger partial charge in [-0.05, 0) is 43.7 Å². The highest BCUT2D eigenvalue weighted by atomic mass is 32.2. The molecule has 0 spiro atoms. The van der Waals surface area contributed by atoms with E-state index >= 15 is 0 Å². The van der Waals surface area contributed by atoms with Crippen molar-refractivity contribution in [3.05, 3.63) is 71.0 Å². The topological polar surface area (TPSA) is 92.4 Å². The fourth-order valence-corrected chi connectivity index (χ4v) is 3.35. The van der Waals surface area contributed by atoms with E-state index in [9.17, 15) is 9.90 Å². The van der Waals surface area contributed by atoms with Gasteiger partial charge in [0.1, 0.15) is 12.1 Å². The number of hydrogen-bond acceptors (Lipinski definition) is 6. The molecule has 0 radical (unpaired) electrons. The quantitative estimate of drug-likeness (QED) is 0.380. The van der Waals surface area contributed by atoms with Crippen LogP contribution in [-0.4, -0.2) is 31.5 Å². The van der Waals surface area contributed by atoms with Crippen molar-refractivity contribution in [1.82, 2.24) is 20.2 Å². The maximum atomic E-state index is 12.3. The molecule has 2 aromatic carbocycles. The van der Waals surface area contributed by atoms with Crippen LogP contribution in [0, 0.1) is 6.92 Å². The molecule has 0 saturated carbocycles. The standard InChI is InChI=1S/C20H21N5O2S/c1-13-4-9-18(26)17(10-13)14(2)22-23-19(27)16-7-5-15(6-8-16)11-28-20-24-21-12-25(20)3/h4-10,12,26H,11H2,1-3H3,(H,23,27)/b22-14+. The molecule has 0 aliphatic rings. The average molecular weight is 395 g/mol. The Balaban J connectivity index is 1.61. The highest BCUT2D eigenvalue weighted by molar-refractivity contribution is 7.98. The summed E-state index contributed by atoms with van der Waals surface area (Å²) in [5.41, 5.74) is 6.26. The van der Waals surface area contributed by atoms with Gasteiger partial charge in [0.25, 0.3) is 5.91 Å². The molecular formula is C20H21N5O2S. The Labute approximate surface area is 167 Å². The molecule has 3 aromatic rings. The van der Waals surface area contributed by atoms with Crippen LogP contribution in [0.25, 0.3) is 0 Å². The summed E-state index contributed by atoms with van der Waals surface area (Å²) < 4.78 is 1.86. The largest absolute Gasteiger partial charge is 0.507 e. The first-order valence-corrected chi connectivity index (χ1v) is 9.63. The zero-order chi connectivity index (χ0) is 20.1. The summed E-state index contributed by atoms with van der Waals surface area (Å²) in [6.45, 7) is 3.67. The Bertz CT molecular complexity index is 1010. The number of aromatic hydroxyl groups is 1. The van der Waals surface area contributed by atoms with Gasteiger partial charge >= 0.3 is 0 Å². The Kier molecular flexibility index (Phi) is 6.10. The minimum absolute atomic E-state index is 0.130. The number of aromatic nitrogens is 3. The van der Waals surface area contributed by atoms with Crippen LogP contribution >= 0.6 is 11.8 Å². The summed E-state index contributed by atoms with van der Waals surface area (Å²) in [4.78, 5) is 12.3. The molecule has 144 valence electrons. The summed E-state index contributed by atoms with van der Waals surface area (Å²) in [6.07, 6.45) is 1.66. The Morgan fingerprint density at radius 1 is 1.25 bits per heavy atom. The van der Waals surface area contributed by atoms with Crippen LogP contribution in [0.4, 0.5) is 0 Å². The lowest BCUT2D eigenvalue weighted by Gasteiger charge is -2.07. The number of carbonyl (C=O) groups is 1. The number of rotatable bonds is 6. The lowest BCUT2D eigenvalue weighted by atomic mass is 10.1. The predicted molar refractivity (Wildman–Crippen MR) is 110 cm³/mol. The van der Waals surface area contributed by atoms with Crippen LogP contribution < -0.4 is 5.43 Å². The van der Waals surface area contributed by atoms with Crippen LogP contribution in [0.2, 0.25) is 0 Å². The number of hydrogen-bond donors (Lipinski definition) is 2. The third kappa shape index (κ3) is 4.77. The van der Waals surface area contributed by atoms with E-state index in [1.165, 1.54) is 0 Å². The number of nitrogens with zero attached hydrogens (tertiary/aromatic N) is 4. The number of phenolic OH excluding ortho intramolecular Hbond substituents is 1. The van der Waals surface area contributed by atoms with E-state index in [0.717, 1.165) is 22.0 Å². The molecule has 2 N–H and O–H groups in total. The maximum absolute atomic E-state index is 12.3. The summed E-state index contributed by atoms with van der Waals surface area (Å²) in [5.74, 6) is 0.558. The Morgan fingerprint density at radius 3 is 2.68 bits per heavy atom. The summed E-state index contributed by atoms with van der Waals surface area (Å²) in [6, 6.07) is 12.6. The van der Waals surface area contributed by atoms with Crippen molar-refractivity contribution < 1.29 is 9.90 Å². The molecule has 1 amide bonds. The molecule has 0 aliphatic carbocycles. The Hall–Kier alpha value is -3.13. The van der Waals surface area contributed by atoms with Crippen molar-refractivity contribution in [2.45, 2.75) is 24.8 Å². The minimum atomic E-state index is -0.306. The van der Waals surface area contributed by atoms with Crippen molar-refractivity contribution in [1.29, 1.82) is 0 Å². The first-order chi connectivity index (χ1) is 13.4. The second kappa shape index (κ2) is 8.71. The molecule has 0 saturated heterocycles. The second-order valence-electron chi connectivity index (χ2n) is 6.37. The van der Waals surface area contributed by atoms with E-state index in [-0.39, 0.29) is 11.7 Å². The molecule has 0 unspecified atom stereocenters. The number of nitrogens with one attached hydrogen (secondary N) is 1. The van der Waals surface area contributed by atoms with E-state index in [4.69, 9.17) is 0 Å². The highest BCUT2D eigenvalue weighted by Crippen LogP contribution is 2.20. The van der Waals surface area contributed by atoms with Crippen LogP contribution in [0.3, 0.4) is 0 Å². The van der Waals surface area contributed by atoms with Crippen molar-refractivity contribution >= 4 is 23.4 Å². The van der Waals surface area contributed by atoms with E-state index < -0.39 is 0 Å². The third-order valence-corrected chi connectivity index (χ3v) is 5.23. The van der Waals surface area contributed by atoms with Gasteiger partial charge in [0, 0.05) is 23.9 Å². The van der Waals surface area contributed by atoms with Gasteiger partial charge in [-0.15, -0.1) is 10.2 Å². The minimum Gasteiger partial charge on any atom is -0.507 e. The molecule has 1 heterocycles. The van der Waals surface area contributed by atoms with Crippen molar-refractivity contribution in [3.63, 3.8) is 0 Å². The first kappa shape index (κ1) is 19.6. The van der Waals surface area contributed by atoms with Crippen LogP contribution in [0.5, 0.6) is 5.75 Å². The van der Waals surface area contributed by atoms with Crippen LogP contribution in [0.1, 0.15) is 34.0 Å². The molecule has 0 aliphatic heterocycles. The average Bonchev–Trinajstić information content (AvgIpc) is 3.11. The van der Waals surface area contributed by atoms with Crippen LogP contribution in [0.15, 0.2) is 59.0 Å². The van der Waals surface area contributed by atoms with Crippen LogP contribution in [-0.2, 0) is 12.8 Å². The zero-order valence-electron chi connectivity index (χ0n) is 15.9. The van der Waals surface area contributed by atoms with Gasteiger partial charge in [-0.25, -0.2) is 5.43 Å². The number of hydrazone groups is 1. The van der Waals surface area contributed by atoms with E-state index in [2.05, 4.69) is 20.7 Å². The monoisotopic (exact) mass is 395 g/mol. The first-order valence-electron chi connectivity index (χ1n) is 8.64. The fraction of sp³-hybridized carbons (Fsp3) is 0.200. The molecule has 7 nitrogen and oxygen atoms in total. The molecule has 0 fully saturated rings. The number of thioether (sulfide) groups is 1. The van der Waals surface area contributed by atoms with Crippen molar-refractivity contribution in [2.75, 3.05) is 0 Å². The smallest absolute Gasteiger partial charge is 0.271 e. The van der Waals surface area contributed by atoms with Gasteiger partial charge in [0.2, 0.25) is 0 Å². The zero-order valence-corrected chi connectivity index (χ0v) is 16.7. The summed E-state index contributed by atoms with van der Waals surface area (Å²) >= 11 is 1.58. The van der Waals surface area contributed by atoms with Gasteiger partial charge < -0.3 is 9.67 Å². The van der Waals surface area contributed by atoms with E-state index in [1.807, 2.05) is 42.8 Å². The molecule has 28 heavy (non-hydrogen) atoms. The van der Waals surface area contributed by atoms with Crippen molar-refractivity contribution in [2.24, 2.45) is 12.1 Å². The number of carbonyl (C=O) groups excluding carboxylic acids is 1. The highest BCUT2D eigenvalue weighted by Gasteiger charge is 2.08. The lowest BCUT2D eigenvalue weighted by Crippen LogP contribution is -2.19. The van der Waals surface area contributed by atoms with Gasteiger partial charge in [-0.3, -0.25) is 4.79 Å². The van der Waals surface area contributed by atoms with Gasteiger partial charge in [0.05, 0.1) is 5.71 Å². The SMILES string of the molecule is C/C(=N\NC(=O)c1ccc(CSc2nncn2C)cc1)c1cc(C)ccc1O. The van der Waals surface area contributed by atoms with E-state index in [0.29, 0.717) is 16.8 Å². The maximum Gasteiger partial charge on any atom is 0.271 e. The molecular weight excluding hydrogens is 374 g/mol. The summed E-state index contributed by atoms with van der Waals surface area (Å²) in [7, 11) is 1.90. The molecule has 0 atom stereocenters. The summed E-state index contributed by atoms with van der Waals surface area (Å²) in [5, 5.41) is 22.8. The predicted octanol–water partition coefficient (Wildman–Crippen LogP) is 3.28. The molecule has 0 bridgehead atoms. The fourth-order valence-electron chi connectivity index (χ4n) is 2.50. The molecule has 3 rings (SSSR count). The van der Waals surface area contributed by atoms with Crippen molar-refractivity contribution in [3.8, 4) is 5.75 Å². The number of aryl methyl sites for hydroxylation is 2. The number of amides is 1. The second-order valence-corrected chi connectivity index (χ2v) is 7.31. The lowest BCUT2D eigenvalue weighted by molar-refractivity contribution is 0.0955. The van der Waals surface area contributed by atoms with E-state index in [1.54, 1.807) is 43.2 Å². The number of phenols is 1. The van der Waals surface area contributed by atoms with Gasteiger partial charge in [0.15, 0.2) is 5.16 Å². The molecule has 1 aromatic heterocycles. The van der Waals surface area contributed by atoms with Gasteiger partial charge in [-0.1, -0.05) is 35.5 Å². The number of benzene rings is 2. The van der Waals surface area contributed by atoms with Gasteiger partial charge in [-0.2, -0.15) is 5.10 Å². The molecule has 8 heteroatoms.